The molecule has 0 aromatic heterocycles. The minimum atomic E-state index is 0. The fraction of sp³-hybridized carbons (Fsp3) is 0. The van der Waals surface area contributed by atoms with Crippen molar-refractivity contribution in [3.05, 3.63) is 71.8 Å². The van der Waals surface area contributed by atoms with Crippen LogP contribution >= 0.6 is 0 Å². The smallest absolute Gasteiger partial charge is 1.00 e. The molecular weight excluding hydrogens is 390 g/mol. The molecule has 2 aromatic carbocycles. The summed E-state index contributed by atoms with van der Waals surface area (Å²) < 4.78 is 0. The number of rotatable bonds is 2. The molecule has 2 rings (SSSR count). The Balaban J connectivity index is -0.000000233. The number of carbonyl (C=O) groups is 2. The van der Waals surface area contributed by atoms with Crippen LogP contribution < -0.4 is 24.8 Å². The summed E-state index contributed by atoms with van der Waals surface area (Å²) in [6, 6.07) is 19.6. The first-order valence-corrected chi connectivity index (χ1v) is 4.70. The predicted molar refractivity (Wildman–Crippen MR) is 67.1 cm³/mol. The monoisotopic (exact) mass is 400 g/mol. The van der Waals surface area contributed by atoms with Gasteiger partial charge in [0, 0.05) is 11.1 Å². The van der Waals surface area contributed by atoms with Crippen LogP contribution in [0.15, 0.2) is 48.5 Å². The minimum absolute atomic E-state index is 0. The van der Waals surface area contributed by atoms with Crippen LogP contribution in [0.4, 0.5) is 0 Å². The van der Waals surface area contributed by atoms with Crippen LogP contribution in [0.2, 0.25) is 0 Å². The second-order valence-corrected chi connectivity index (χ2v) is 2.87. The summed E-state index contributed by atoms with van der Waals surface area (Å²) in [5, 5.41) is 0. The third kappa shape index (κ3) is 10.7. The van der Waals surface area contributed by atoms with Crippen molar-refractivity contribution in [3.63, 3.8) is 0 Å². The maximum Gasteiger partial charge on any atom is 2.00 e. The molecule has 0 amide bonds. The second-order valence-electron chi connectivity index (χ2n) is 2.87. The zero-order chi connectivity index (χ0) is 11.6. The largest absolute Gasteiger partial charge is 2.00 e. The molecular formula is C14H10Cl2O2Sn. The van der Waals surface area contributed by atoms with Gasteiger partial charge >= 0.3 is 23.9 Å². The van der Waals surface area contributed by atoms with Gasteiger partial charge in [0.15, 0.2) is 12.6 Å². The van der Waals surface area contributed by atoms with Crippen molar-refractivity contribution in [2.45, 2.75) is 0 Å². The van der Waals surface area contributed by atoms with Crippen LogP contribution in [-0.2, 0) is 0 Å². The maximum absolute atomic E-state index is 9.98. The van der Waals surface area contributed by atoms with Gasteiger partial charge in [0.25, 0.3) is 0 Å². The molecule has 2 aromatic rings. The Labute approximate surface area is 142 Å². The number of carbonyl (C=O) groups excluding carboxylic acids is 2. The molecule has 0 bridgehead atoms. The SMILES string of the molecule is O=Cc1[c]cccc1.O=Cc1[c]cccc1.[Cl-].[Cl-].[Sn+2]. The van der Waals surface area contributed by atoms with Crippen molar-refractivity contribution >= 4 is 36.5 Å². The van der Waals surface area contributed by atoms with E-state index in [1.165, 1.54) is 0 Å². The van der Waals surface area contributed by atoms with Crippen LogP contribution in [0.1, 0.15) is 20.7 Å². The molecule has 0 saturated heterocycles. The maximum atomic E-state index is 9.98. The van der Waals surface area contributed by atoms with Crippen molar-refractivity contribution < 1.29 is 34.4 Å². The Hall–Kier alpha value is -0.841. The predicted octanol–water partition coefficient (Wildman–Crippen LogP) is -3.77. The molecule has 0 N–H and O–H groups in total. The van der Waals surface area contributed by atoms with E-state index in [-0.39, 0.29) is 48.7 Å². The van der Waals surface area contributed by atoms with Gasteiger partial charge in [-0.3, -0.25) is 9.59 Å². The van der Waals surface area contributed by atoms with Crippen molar-refractivity contribution in [3.8, 4) is 0 Å². The molecule has 0 atom stereocenters. The van der Waals surface area contributed by atoms with Crippen molar-refractivity contribution in [1.29, 1.82) is 0 Å². The average Bonchev–Trinajstić information content (AvgIpc) is 2.41. The summed E-state index contributed by atoms with van der Waals surface area (Å²) in [5.74, 6) is 0. The fourth-order valence-corrected chi connectivity index (χ4v) is 0.961. The van der Waals surface area contributed by atoms with Gasteiger partial charge < -0.3 is 24.8 Å². The Kier molecular flexibility index (Phi) is 18.6. The first kappa shape index (κ1) is 23.3. The first-order valence-electron chi connectivity index (χ1n) is 4.70. The van der Waals surface area contributed by atoms with E-state index in [2.05, 4.69) is 12.1 Å². The fourth-order valence-electron chi connectivity index (χ4n) is 0.961. The molecule has 96 valence electrons. The summed E-state index contributed by atoms with van der Waals surface area (Å²) in [6.45, 7) is 0. The third-order valence-corrected chi connectivity index (χ3v) is 1.72. The molecule has 0 fully saturated rings. The van der Waals surface area contributed by atoms with Crippen LogP contribution in [0, 0.1) is 12.1 Å². The van der Waals surface area contributed by atoms with E-state index >= 15 is 0 Å². The summed E-state index contributed by atoms with van der Waals surface area (Å²) in [5.41, 5.74) is 1.21. The summed E-state index contributed by atoms with van der Waals surface area (Å²) in [4.78, 5) is 20.0. The quantitative estimate of drug-likeness (QED) is 0.384. The molecule has 0 aliphatic heterocycles. The molecule has 0 unspecified atom stereocenters. The van der Waals surface area contributed by atoms with E-state index in [1.54, 1.807) is 36.4 Å². The number of hydrogen-bond donors (Lipinski definition) is 0. The molecule has 0 aliphatic carbocycles. The van der Waals surface area contributed by atoms with E-state index in [0.717, 1.165) is 12.6 Å². The van der Waals surface area contributed by atoms with Crippen LogP contribution in [0.3, 0.4) is 0 Å². The van der Waals surface area contributed by atoms with Crippen LogP contribution in [0.25, 0.3) is 0 Å². The number of halogens is 2. The van der Waals surface area contributed by atoms with E-state index in [1.807, 2.05) is 12.1 Å². The van der Waals surface area contributed by atoms with Gasteiger partial charge in [-0.25, -0.2) is 0 Å². The number of hydrogen-bond acceptors (Lipinski definition) is 2. The second kappa shape index (κ2) is 15.2. The summed E-state index contributed by atoms with van der Waals surface area (Å²) in [7, 11) is 0. The van der Waals surface area contributed by atoms with Crippen molar-refractivity contribution in [1.82, 2.24) is 0 Å². The molecule has 0 saturated carbocycles. The zero-order valence-electron chi connectivity index (χ0n) is 9.85. The third-order valence-electron chi connectivity index (χ3n) is 1.72. The van der Waals surface area contributed by atoms with Gasteiger partial charge in [0.05, 0.1) is 0 Å². The van der Waals surface area contributed by atoms with Gasteiger partial charge in [-0.05, 0) is 12.1 Å². The molecule has 0 aliphatic rings. The van der Waals surface area contributed by atoms with Crippen molar-refractivity contribution in [2.24, 2.45) is 0 Å². The van der Waals surface area contributed by atoms with E-state index in [0.29, 0.717) is 11.1 Å². The number of aldehydes is 2. The topological polar surface area (TPSA) is 34.1 Å². The normalized spacial score (nSPS) is 7.16. The molecule has 5 heteroatoms. The van der Waals surface area contributed by atoms with E-state index in [9.17, 15) is 9.59 Å². The summed E-state index contributed by atoms with van der Waals surface area (Å²) >= 11 is 0. The Morgan fingerprint density at radius 1 is 0.737 bits per heavy atom. The molecule has 4 radical (unpaired) electrons. The first-order chi connectivity index (χ1) is 7.86. The molecule has 19 heavy (non-hydrogen) atoms. The molecule has 2 nitrogen and oxygen atoms in total. The van der Waals surface area contributed by atoms with E-state index < -0.39 is 0 Å². The van der Waals surface area contributed by atoms with Gasteiger partial charge in [-0.15, -0.1) is 0 Å². The van der Waals surface area contributed by atoms with E-state index in [4.69, 9.17) is 0 Å². The van der Waals surface area contributed by atoms with Crippen LogP contribution in [-0.4, -0.2) is 36.5 Å². The number of benzene rings is 2. The van der Waals surface area contributed by atoms with Crippen molar-refractivity contribution in [2.75, 3.05) is 0 Å². The Morgan fingerprint density at radius 3 is 1.26 bits per heavy atom. The average molecular weight is 400 g/mol. The van der Waals surface area contributed by atoms with Gasteiger partial charge in [0.2, 0.25) is 0 Å². The molecule has 0 spiro atoms. The minimum Gasteiger partial charge on any atom is -1.00 e. The van der Waals surface area contributed by atoms with Gasteiger partial charge in [-0.2, -0.15) is 0 Å². The standard InChI is InChI=1S/2C7H5O.2ClH.Sn/c2*8-6-7-4-2-1-3-5-7;;;/h2*1-4,6H;2*1H;/q;;;;+2/p-2. The Bertz CT molecular complexity index is 392. The molecule has 0 heterocycles. The zero-order valence-corrected chi connectivity index (χ0v) is 14.2. The summed E-state index contributed by atoms with van der Waals surface area (Å²) in [6.07, 6.45) is 1.56. The Morgan fingerprint density at radius 2 is 1.11 bits per heavy atom. The van der Waals surface area contributed by atoms with Crippen LogP contribution in [0.5, 0.6) is 0 Å². The van der Waals surface area contributed by atoms with Gasteiger partial charge in [0.1, 0.15) is 0 Å². The van der Waals surface area contributed by atoms with Gasteiger partial charge in [-0.1, -0.05) is 48.5 Å².